The van der Waals surface area contributed by atoms with Gasteiger partial charge in [-0.3, -0.25) is 0 Å². The zero-order chi connectivity index (χ0) is 31.4. The molecule has 0 aliphatic rings. The van der Waals surface area contributed by atoms with E-state index < -0.39 is 36.1 Å². The zero-order valence-corrected chi connectivity index (χ0v) is 23.4. The number of nitrogens with zero attached hydrogens (tertiary/aromatic N) is 1. The summed E-state index contributed by atoms with van der Waals surface area (Å²) in [6, 6.07) is 20.3. The molecule has 0 saturated carbocycles. The predicted octanol–water partition coefficient (Wildman–Crippen LogP) is 9.78. The first-order valence-electron chi connectivity index (χ1n) is 12.5. The molecule has 228 valence electrons. The van der Waals surface area contributed by atoms with Gasteiger partial charge < -0.3 is 19.5 Å². The van der Waals surface area contributed by atoms with Crippen molar-refractivity contribution in [3.05, 3.63) is 118 Å². The van der Waals surface area contributed by atoms with Gasteiger partial charge in [0.1, 0.15) is 22.3 Å². The average molecular weight is 648 g/mol. The minimum absolute atomic E-state index is 0.0590. The molecule has 0 saturated heterocycles. The lowest BCUT2D eigenvalue weighted by Gasteiger charge is -2.28. The monoisotopic (exact) mass is 647 g/mol. The fourth-order valence-electron chi connectivity index (χ4n) is 4.03. The SMILES string of the molecule is OC(CN(Cc1cccc(OC(F)(F)C(F)F)c1)c1cccc(Oc2cccc(Cl)c2Cl)c1)c1ccc(C(F)(F)F)cc1. The summed E-state index contributed by atoms with van der Waals surface area (Å²) in [6.07, 6.45) is -14.6. The smallest absolute Gasteiger partial charge is 0.456 e. The van der Waals surface area contributed by atoms with Gasteiger partial charge in [-0.15, -0.1) is 0 Å². The highest BCUT2D eigenvalue weighted by Gasteiger charge is 2.44. The van der Waals surface area contributed by atoms with Gasteiger partial charge in [0.2, 0.25) is 0 Å². The molecule has 4 aromatic carbocycles. The van der Waals surface area contributed by atoms with Gasteiger partial charge in [0.25, 0.3) is 0 Å². The molecular formula is C30H22Cl2F7NO3. The summed E-state index contributed by atoms with van der Waals surface area (Å²) in [4.78, 5) is 1.60. The Bertz CT molecular complexity index is 1540. The van der Waals surface area contributed by atoms with Gasteiger partial charge in [0.05, 0.1) is 16.7 Å². The van der Waals surface area contributed by atoms with Crippen LogP contribution in [0.5, 0.6) is 17.2 Å². The third-order valence-corrected chi connectivity index (χ3v) is 6.92. The van der Waals surface area contributed by atoms with Gasteiger partial charge >= 0.3 is 18.7 Å². The maximum atomic E-state index is 13.5. The number of hydrogen-bond acceptors (Lipinski definition) is 4. The van der Waals surface area contributed by atoms with Gasteiger partial charge in [-0.25, -0.2) is 0 Å². The summed E-state index contributed by atoms with van der Waals surface area (Å²) in [7, 11) is 0. The summed E-state index contributed by atoms with van der Waals surface area (Å²) in [5.74, 6) is 0.0514. The van der Waals surface area contributed by atoms with Crippen LogP contribution in [0, 0.1) is 0 Å². The molecule has 43 heavy (non-hydrogen) atoms. The Morgan fingerprint density at radius 2 is 1.44 bits per heavy atom. The van der Waals surface area contributed by atoms with Crippen molar-refractivity contribution in [2.75, 3.05) is 11.4 Å². The maximum Gasteiger partial charge on any atom is 0.461 e. The molecule has 0 fully saturated rings. The molecule has 0 spiro atoms. The van der Waals surface area contributed by atoms with Crippen molar-refractivity contribution in [3.8, 4) is 17.2 Å². The molecule has 13 heteroatoms. The Labute approximate surface area is 251 Å². The molecule has 0 aliphatic heterocycles. The van der Waals surface area contributed by atoms with Crippen molar-refractivity contribution in [2.45, 2.75) is 31.4 Å². The average Bonchev–Trinajstić information content (AvgIpc) is 2.95. The van der Waals surface area contributed by atoms with Crippen molar-refractivity contribution < 1.29 is 45.3 Å². The molecule has 0 aromatic heterocycles. The minimum Gasteiger partial charge on any atom is -0.456 e. The zero-order valence-electron chi connectivity index (χ0n) is 21.8. The van der Waals surface area contributed by atoms with E-state index in [0.717, 1.165) is 36.4 Å². The number of ether oxygens (including phenoxy) is 2. The Kier molecular flexibility index (Phi) is 9.99. The number of alkyl halides is 7. The molecule has 0 bridgehead atoms. The molecular weight excluding hydrogens is 626 g/mol. The van der Waals surface area contributed by atoms with E-state index in [-0.39, 0.29) is 34.4 Å². The predicted molar refractivity (Wildman–Crippen MR) is 148 cm³/mol. The van der Waals surface area contributed by atoms with Crippen LogP contribution in [0.25, 0.3) is 0 Å². The van der Waals surface area contributed by atoms with Crippen molar-refractivity contribution in [1.82, 2.24) is 0 Å². The highest BCUT2D eigenvalue weighted by Crippen LogP contribution is 2.36. The van der Waals surface area contributed by atoms with Gasteiger partial charge in [-0.1, -0.05) is 59.6 Å². The van der Waals surface area contributed by atoms with Crippen LogP contribution in [0.4, 0.5) is 36.4 Å². The first-order chi connectivity index (χ1) is 20.2. The summed E-state index contributed by atoms with van der Waals surface area (Å²) < 4.78 is 101. The summed E-state index contributed by atoms with van der Waals surface area (Å²) >= 11 is 12.3. The quantitative estimate of drug-likeness (QED) is 0.165. The Morgan fingerprint density at radius 1 is 0.791 bits per heavy atom. The van der Waals surface area contributed by atoms with E-state index in [1.165, 1.54) is 12.1 Å². The molecule has 0 amide bonds. The fourth-order valence-corrected chi connectivity index (χ4v) is 4.36. The largest absolute Gasteiger partial charge is 0.461 e. The van der Waals surface area contributed by atoms with Crippen LogP contribution in [0.2, 0.25) is 10.0 Å². The second-order valence-corrected chi connectivity index (χ2v) is 10.1. The summed E-state index contributed by atoms with van der Waals surface area (Å²) in [6.45, 7) is -0.235. The number of benzene rings is 4. The van der Waals surface area contributed by atoms with Crippen LogP contribution in [0.3, 0.4) is 0 Å². The second-order valence-electron chi connectivity index (χ2n) is 9.28. The standard InChI is InChI=1S/C30H22Cl2F7NO3/c31-24-8-3-9-26(27(24)32)42-22-6-2-5-21(15-22)40(17-25(41)19-10-12-20(13-11-19)29(35,36)37)16-18-4-1-7-23(14-18)43-30(38,39)28(33)34/h1-15,25,28,41H,16-17H2. The van der Waals surface area contributed by atoms with E-state index in [2.05, 4.69) is 4.74 Å². The molecule has 4 nitrogen and oxygen atoms in total. The van der Waals surface area contributed by atoms with E-state index in [1.54, 1.807) is 47.4 Å². The van der Waals surface area contributed by atoms with Gasteiger partial charge in [0, 0.05) is 24.8 Å². The Balaban J connectivity index is 1.64. The van der Waals surface area contributed by atoms with Crippen molar-refractivity contribution in [1.29, 1.82) is 0 Å². The molecule has 1 N–H and O–H groups in total. The van der Waals surface area contributed by atoms with Gasteiger partial charge in [-0.2, -0.15) is 30.7 Å². The third kappa shape index (κ3) is 8.46. The molecule has 1 unspecified atom stereocenters. The van der Waals surface area contributed by atoms with Crippen LogP contribution in [0.1, 0.15) is 22.8 Å². The first kappa shape index (κ1) is 32.2. The van der Waals surface area contributed by atoms with Crippen LogP contribution in [-0.2, 0) is 12.7 Å². The topological polar surface area (TPSA) is 41.9 Å². The fraction of sp³-hybridized carbons (Fsp3) is 0.200. The Hall–Kier alpha value is -3.67. The number of anilines is 1. The number of aliphatic hydroxyl groups is 1. The maximum absolute atomic E-state index is 13.5. The van der Waals surface area contributed by atoms with Gasteiger partial charge in [0.15, 0.2) is 0 Å². The normalized spacial score (nSPS) is 12.7. The molecule has 0 radical (unpaired) electrons. The van der Waals surface area contributed by atoms with Crippen LogP contribution < -0.4 is 14.4 Å². The highest BCUT2D eigenvalue weighted by atomic mass is 35.5. The highest BCUT2D eigenvalue weighted by molar-refractivity contribution is 6.42. The lowest BCUT2D eigenvalue weighted by Crippen LogP contribution is -2.33. The van der Waals surface area contributed by atoms with Crippen LogP contribution >= 0.6 is 23.2 Å². The number of hydrogen-bond donors (Lipinski definition) is 1. The molecule has 4 aromatic rings. The summed E-state index contributed by atoms with van der Waals surface area (Å²) in [5.41, 5.74) is 0.0873. The number of halogens is 9. The lowest BCUT2D eigenvalue weighted by atomic mass is 10.1. The minimum atomic E-state index is -4.72. The Morgan fingerprint density at radius 3 is 2.12 bits per heavy atom. The molecule has 0 heterocycles. The molecule has 1 atom stereocenters. The lowest BCUT2D eigenvalue weighted by molar-refractivity contribution is -0.253. The van der Waals surface area contributed by atoms with E-state index in [1.807, 2.05) is 0 Å². The second kappa shape index (κ2) is 13.3. The van der Waals surface area contributed by atoms with Gasteiger partial charge in [-0.05, 0) is 59.7 Å². The van der Waals surface area contributed by atoms with E-state index in [0.29, 0.717) is 17.0 Å². The van der Waals surface area contributed by atoms with E-state index in [4.69, 9.17) is 27.9 Å². The van der Waals surface area contributed by atoms with Crippen molar-refractivity contribution in [2.24, 2.45) is 0 Å². The third-order valence-electron chi connectivity index (χ3n) is 6.12. The van der Waals surface area contributed by atoms with E-state index >= 15 is 0 Å². The molecule has 0 aliphatic carbocycles. The van der Waals surface area contributed by atoms with Crippen LogP contribution in [0.15, 0.2) is 91.0 Å². The van der Waals surface area contributed by atoms with Crippen molar-refractivity contribution in [3.63, 3.8) is 0 Å². The van der Waals surface area contributed by atoms with E-state index in [9.17, 15) is 35.8 Å². The molecule has 4 rings (SSSR count). The van der Waals surface area contributed by atoms with Crippen LogP contribution in [-0.4, -0.2) is 24.2 Å². The van der Waals surface area contributed by atoms with Crippen molar-refractivity contribution >= 4 is 28.9 Å². The number of rotatable bonds is 11. The first-order valence-corrected chi connectivity index (χ1v) is 13.2. The summed E-state index contributed by atoms with van der Waals surface area (Å²) in [5, 5.41) is 11.4. The number of aliphatic hydroxyl groups excluding tert-OH is 1.